The Morgan fingerprint density at radius 1 is 1.41 bits per heavy atom. The molecule has 1 aromatic rings. The second-order valence-electron chi connectivity index (χ2n) is 3.63. The van der Waals surface area contributed by atoms with Gasteiger partial charge in [0.2, 0.25) is 5.91 Å². The molecule has 0 aliphatic rings. The Morgan fingerprint density at radius 3 is 2.41 bits per heavy atom. The van der Waals surface area contributed by atoms with Gasteiger partial charge >= 0.3 is 0 Å². The summed E-state index contributed by atoms with van der Waals surface area (Å²) in [6.07, 6.45) is 0.202. The predicted molar refractivity (Wildman–Crippen MR) is 61.4 cm³/mol. The van der Waals surface area contributed by atoms with Crippen molar-refractivity contribution in [3.63, 3.8) is 0 Å². The number of aromatic nitrogens is 2. The molecule has 0 saturated heterocycles. The predicted octanol–water partition coefficient (Wildman–Crippen LogP) is -0.244. The van der Waals surface area contributed by atoms with Crippen molar-refractivity contribution in [2.75, 3.05) is 0 Å². The van der Waals surface area contributed by atoms with Crippen molar-refractivity contribution in [1.29, 1.82) is 0 Å². The summed E-state index contributed by atoms with van der Waals surface area (Å²) in [6.45, 7) is 4.88. The number of hydrogen-bond acceptors (Lipinski definition) is 4. The number of carbonyl (C=O) groups excluding carboxylic acids is 1. The number of hydrazine groups is 1. The zero-order valence-electron chi connectivity index (χ0n) is 10.2. The Kier molecular flexibility index (Phi) is 3.89. The fraction of sp³-hybridized carbons (Fsp3) is 0.556. The molecule has 7 nitrogen and oxygen atoms in total. The molecular formula is C9H16N4O3S. The molecule has 0 aliphatic heterocycles. The number of amides is 1. The Hall–Kier alpha value is -1.41. The average molecular weight is 260 g/mol. The van der Waals surface area contributed by atoms with E-state index in [1.54, 1.807) is 27.8 Å². The topological polar surface area (TPSA) is 93.1 Å². The van der Waals surface area contributed by atoms with Crippen molar-refractivity contribution in [2.24, 2.45) is 7.05 Å². The van der Waals surface area contributed by atoms with Crippen molar-refractivity contribution in [1.82, 2.24) is 20.0 Å². The van der Waals surface area contributed by atoms with Crippen molar-refractivity contribution in [3.8, 4) is 0 Å². The summed E-state index contributed by atoms with van der Waals surface area (Å²) in [5.41, 5.74) is 3.03. The van der Waals surface area contributed by atoms with Gasteiger partial charge in [0.05, 0.1) is 11.4 Å². The van der Waals surface area contributed by atoms with Crippen LogP contribution in [0.5, 0.6) is 0 Å². The normalized spacial score (nSPS) is 11.5. The van der Waals surface area contributed by atoms with Crippen LogP contribution in [-0.4, -0.2) is 24.1 Å². The smallest absolute Gasteiger partial charge is 0.261 e. The van der Waals surface area contributed by atoms with E-state index >= 15 is 0 Å². The fourth-order valence-electron chi connectivity index (χ4n) is 1.41. The number of aryl methyl sites for hydroxylation is 2. The number of sulfonamides is 1. The first-order chi connectivity index (χ1) is 7.79. The van der Waals surface area contributed by atoms with Gasteiger partial charge < -0.3 is 0 Å². The van der Waals surface area contributed by atoms with Crippen LogP contribution in [0.15, 0.2) is 4.90 Å². The summed E-state index contributed by atoms with van der Waals surface area (Å²) < 4.78 is 25.3. The molecular weight excluding hydrogens is 244 g/mol. The molecule has 0 bridgehead atoms. The molecule has 0 fully saturated rings. The van der Waals surface area contributed by atoms with Crippen LogP contribution in [0.3, 0.4) is 0 Å². The molecule has 0 atom stereocenters. The quantitative estimate of drug-likeness (QED) is 0.730. The first-order valence-corrected chi connectivity index (χ1v) is 6.58. The van der Waals surface area contributed by atoms with Crippen LogP contribution in [0.4, 0.5) is 0 Å². The zero-order chi connectivity index (χ0) is 13.2. The van der Waals surface area contributed by atoms with Crippen LogP contribution in [0.2, 0.25) is 0 Å². The largest absolute Gasteiger partial charge is 0.278 e. The number of hydrogen-bond donors (Lipinski definition) is 2. The molecule has 17 heavy (non-hydrogen) atoms. The maximum absolute atomic E-state index is 11.9. The van der Waals surface area contributed by atoms with Crippen LogP contribution >= 0.6 is 0 Å². The maximum atomic E-state index is 11.9. The van der Waals surface area contributed by atoms with Crippen molar-refractivity contribution in [2.45, 2.75) is 32.1 Å². The molecule has 1 amide bonds. The highest BCUT2D eigenvalue weighted by Gasteiger charge is 2.23. The molecule has 0 radical (unpaired) electrons. The van der Waals surface area contributed by atoms with Gasteiger partial charge in [-0.2, -0.15) is 5.10 Å². The highest BCUT2D eigenvalue weighted by molar-refractivity contribution is 7.89. The fourth-order valence-corrected chi connectivity index (χ4v) is 2.71. The molecule has 0 saturated carbocycles. The molecule has 0 unspecified atom stereocenters. The van der Waals surface area contributed by atoms with Crippen molar-refractivity contribution < 1.29 is 13.2 Å². The molecule has 0 aromatic carbocycles. The molecule has 8 heteroatoms. The first kappa shape index (κ1) is 13.7. The number of rotatable bonds is 4. The lowest BCUT2D eigenvalue weighted by molar-refractivity contribution is -0.121. The Bertz CT molecular complexity index is 533. The standard InChI is InChI=1S/C9H16N4O3S/c1-5-8(14)10-12-17(15,16)9-6(2)11-13(4)7(9)3/h12H,5H2,1-4H3,(H,10,14). The van der Waals surface area contributed by atoms with Gasteiger partial charge in [0.1, 0.15) is 4.90 Å². The molecule has 1 aromatic heterocycles. The summed E-state index contributed by atoms with van der Waals surface area (Å²) in [6, 6.07) is 0. The highest BCUT2D eigenvalue weighted by Crippen LogP contribution is 2.17. The second-order valence-corrected chi connectivity index (χ2v) is 5.25. The van der Waals surface area contributed by atoms with E-state index in [0.29, 0.717) is 11.4 Å². The van der Waals surface area contributed by atoms with E-state index < -0.39 is 15.9 Å². The van der Waals surface area contributed by atoms with Gasteiger partial charge in [-0.05, 0) is 13.8 Å². The summed E-state index contributed by atoms with van der Waals surface area (Å²) in [7, 11) is -2.11. The monoisotopic (exact) mass is 260 g/mol. The highest BCUT2D eigenvalue weighted by atomic mass is 32.2. The molecule has 0 aliphatic carbocycles. The zero-order valence-corrected chi connectivity index (χ0v) is 11.1. The lowest BCUT2D eigenvalue weighted by Gasteiger charge is -2.07. The van der Waals surface area contributed by atoms with Crippen molar-refractivity contribution >= 4 is 15.9 Å². The second kappa shape index (κ2) is 4.84. The van der Waals surface area contributed by atoms with E-state index in [4.69, 9.17) is 0 Å². The molecule has 1 heterocycles. The van der Waals surface area contributed by atoms with Crippen LogP contribution < -0.4 is 10.3 Å². The molecule has 0 spiro atoms. The van der Waals surface area contributed by atoms with Gasteiger partial charge in [-0.15, -0.1) is 4.83 Å². The molecule has 1 rings (SSSR count). The molecule has 96 valence electrons. The number of nitrogens with zero attached hydrogens (tertiary/aromatic N) is 2. The van der Waals surface area contributed by atoms with Crippen LogP contribution in [0.1, 0.15) is 24.7 Å². The Balaban J connectivity index is 3.02. The number of carbonyl (C=O) groups is 1. The van der Waals surface area contributed by atoms with Crippen LogP contribution in [0, 0.1) is 13.8 Å². The third-order valence-corrected chi connectivity index (χ3v) is 3.86. The summed E-state index contributed by atoms with van der Waals surface area (Å²) >= 11 is 0. The van der Waals surface area contributed by atoms with Gasteiger partial charge in [-0.3, -0.25) is 14.9 Å². The van der Waals surface area contributed by atoms with Crippen LogP contribution in [0.25, 0.3) is 0 Å². The van der Waals surface area contributed by atoms with E-state index in [1.165, 1.54) is 4.68 Å². The van der Waals surface area contributed by atoms with E-state index in [-0.39, 0.29) is 11.3 Å². The minimum Gasteiger partial charge on any atom is -0.278 e. The van der Waals surface area contributed by atoms with Gasteiger partial charge in [-0.25, -0.2) is 8.42 Å². The average Bonchev–Trinajstić information content (AvgIpc) is 2.50. The van der Waals surface area contributed by atoms with Gasteiger partial charge in [0.15, 0.2) is 0 Å². The van der Waals surface area contributed by atoms with E-state index in [2.05, 4.69) is 10.5 Å². The van der Waals surface area contributed by atoms with E-state index in [1.807, 2.05) is 4.83 Å². The summed E-state index contributed by atoms with van der Waals surface area (Å²) in [4.78, 5) is 13.1. The minimum absolute atomic E-state index is 0.0939. The third-order valence-electron chi connectivity index (χ3n) is 2.36. The number of nitrogens with one attached hydrogen (secondary N) is 2. The minimum atomic E-state index is -3.77. The lowest BCUT2D eigenvalue weighted by atomic mass is 10.4. The summed E-state index contributed by atoms with van der Waals surface area (Å²) in [5.74, 6) is -0.396. The van der Waals surface area contributed by atoms with Crippen molar-refractivity contribution in [3.05, 3.63) is 11.4 Å². The first-order valence-electron chi connectivity index (χ1n) is 5.10. The molecule has 2 N–H and O–H groups in total. The third kappa shape index (κ3) is 2.83. The van der Waals surface area contributed by atoms with Gasteiger partial charge in [-0.1, -0.05) is 6.92 Å². The SMILES string of the molecule is CCC(=O)NNS(=O)(=O)c1c(C)nn(C)c1C. The summed E-state index contributed by atoms with van der Waals surface area (Å²) in [5, 5.41) is 4.01. The maximum Gasteiger partial charge on any atom is 0.261 e. The Labute approximate surface area is 100 Å². The Morgan fingerprint density at radius 2 is 2.00 bits per heavy atom. The van der Waals surface area contributed by atoms with E-state index in [0.717, 1.165) is 0 Å². The lowest BCUT2D eigenvalue weighted by Crippen LogP contribution is -2.41. The van der Waals surface area contributed by atoms with Gasteiger partial charge in [0.25, 0.3) is 10.0 Å². The van der Waals surface area contributed by atoms with E-state index in [9.17, 15) is 13.2 Å². The van der Waals surface area contributed by atoms with Gasteiger partial charge in [0, 0.05) is 13.5 Å². The van der Waals surface area contributed by atoms with Crippen LogP contribution in [-0.2, 0) is 21.9 Å².